The first kappa shape index (κ1) is 44.5. The Balaban J connectivity index is 0.000000175. The van der Waals surface area contributed by atoms with Gasteiger partial charge in [0.15, 0.2) is 0 Å². The number of aliphatic imine (C=N–C) groups is 1. The number of fused-ring (bicyclic) bond motifs is 4. The summed E-state index contributed by atoms with van der Waals surface area (Å²) in [6, 6.07) is 27.6. The number of carboxylic acid groups (broad SMARTS) is 1. The third-order valence-electron chi connectivity index (χ3n) is 13.7. The van der Waals surface area contributed by atoms with Gasteiger partial charge in [-0.3, -0.25) is 14.9 Å². The Hall–Kier alpha value is -6.07. The minimum atomic E-state index is -0.923. The lowest BCUT2D eigenvalue weighted by molar-refractivity contribution is -0.118. The molecule has 0 radical (unpaired) electrons. The van der Waals surface area contributed by atoms with Crippen LogP contribution in [-0.2, 0) is 28.5 Å². The summed E-state index contributed by atoms with van der Waals surface area (Å²) >= 11 is 1.04. The normalized spacial score (nSPS) is 20.2. The Bertz CT molecular complexity index is 2720. The lowest BCUT2D eigenvalue weighted by atomic mass is 9.62. The van der Waals surface area contributed by atoms with E-state index in [4.69, 9.17) is 14.5 Å². The second kappa shape index (κ2) is 16.8. The van der Waals surface area contributed by atoms with Gasteiger partial charge in [0.05, 0.1) is 33.6 Å². The highest BCUT2D eigenvalue weighted by Gasteiger charge is 2.40. The molecule has 5 aromatic carbocycles. The van der Waals surface area contributed by atoms with Crippen molar-refractivity contribution < 1.29 is 34.1 Å². The highest BCUT2D eigenvalue weighted by Crippen LogP contribution is 2.50. The van der Waals surface area contributed by atoms with Crippen molar-refractivity contribution >= 4 is 51.7 Å². The predicted molar refractivity (Wildman–Crippen MR) is 255 cm³/mol. The van der Waals surface area contributed by atoms with Crippen molar-refractivity contribution in [2.24, 2.45) is 4.99 Å². The Labute approximate surface area is 380 Å². The topological polar surface area (TPSA) is 138 Å². The minimum Gasteiger partial charge on any atom is -0.507 e. The van der Waals surface area contributed by atoms with Crippen LogP contribution < -0.4 is 19.7 Å². The number of nitrogens with one attached hydrogen (secondary N) is 1. The number of rotatable bonds is 7. The molecular formula is C53H57N3O7S. The smallest absolute Gasteiger partial charge is 0.335 e. The van der Waals surface area contributed by atoms with Crippen molar-refractivity contribution in [3.63, 3.8) is 0 Å². The van der Waals surface area contributed by atoms with Crippen molar-refractivity contribution in [1.29, 1.82) is 0 Å². The molecule has 11 heteroatoms. The molecule has 5 aromatic rings. The van der Waals surface area contributed by atoms with E-state index in [1.165, 1.54) is 11.1 Å². The standard InChI is InChI=1S/C29H30N2O2.C24H27NO5S/c1-28(2)14-15-29(3,4)22-17-25-20(16-21(22)28)26(18-10-12-19(13-11-18)27(32)33)30-23-8-6-7-9-24(23)31(25)5;1-13-14(2)21-18(15(3)20(13)26)9-10-24(4,30-21)12-29-17-7-5-16(6-8-17)11-19-22(27)25-23(28)31-19/h6-13,16-17H,14-15H2,1-5H3,(H,32,33);5-8,19,26H,9-12H2,1-4H3,(H,25,27,28). The highest BCUT2D eigenvalue weighted by molar-refractivity contribution is 8.15. The maximum atomic E-state index is 11.7. The largest absolute Gasteiger partial charge is 0.507 e. The average molecular weight is 880 g/mol. The molecule has 0 bridgehead atoms. The van der Waals surface area contributed by atoms with Crippen LogP contribution in [0.3, 0.4) is 0 Å². The summed E-state index contributed by atoms with van der Waals surface area (Å²) in [6.45, 7) is 17.6. The lowest BCUT2D eigenvalue weighted by Gasteiger charge is -2.43. The number of benzene rings is 5. The number of phenolic OH excluding ortho intramolecular Hbond substituents is 1. The van der Waals surface area contributed by atoms with Crippen LogP contribution in [0.4, 0.5) is 21.9 Å². The molecule has 64 heavy (non-hydrogen) atoms. The van der Waals surface area contributed by atoms with Crippen LogP contribution in [0.15, 0.2) is 89.9 Å². The molecule has 1 fully saturated rings. The number of hydrogen-bond acceptors (Lipinski definition) is 9. The number of amides is 2. The number of para-hydroxylation sites is 2. The average Bonchev–Trinajstić information content (AvgIpc) is 3.53. The van der Waals surface area contributed by atoms with Crippen molar-refractivity contribution in [1.82, 2.24) is 5.32 Å². The SMILES string of the molecule is CN1c2ccccc2N=C(c2ccc(C(=O)O)cc2)c2cc3c(cc21)C(C)(C)CCC3(C)C.Cc1c(C)c2c(c(C)c1O)CCC(C)(COc1ccc(CC3SC(=O)NC3=O)cc1)O2. The monoisotopic (exact) mass is 879 g/mol. The molecule has 9 rings (SSSR count). The molecule has 2 amide bonds. The summed E-state index contributed by atoms with van der Waals surface area (Å²) in [4.78, 5) is 41.8. The number of carboxylic acids is 1. The molecule has 0 aromatic heterocycles. The number of hydrogen-bond donors (Lipinski definition) is 3. The number of carbonyl (C=O) groups excluding carboxylic acids is 2. The van der Waals surface area contributed by atoms with E-state index in [9.17, 15) is 24.6 Å². The van der Waals surface area contributed by atoms with E-state index in [1.54, 1.807) is 12.1 Å². The van der Waals surface area contributed by atoms with Gasteiger partial charge in [0, 0.05) is 23.7 Å². The van der Waals surface area contributed by atoms with Gasteiger partial charge in [0.25, 0.3) is 5.24 Å². The highest BCUT2D eigenvalue weighted by atomic mass is 32.2. The summed E-state index contributed by atoms with van der Waals surface area (Å²) in [7, 11) is 2.11. The first-order valence-electron chi connectivity index (χ1n) is 21.9. The van der Waals surface area contributed by atoms with Gasteiger partial charge in [-0.15, -0.1) is 0 Å². The molecule has 332 valence electrons. The second-order valence-electron chi connectivity index (χ2n) is 19.2. The van der Waals surface area contributed by atoms with E-state index >= 15 is 0 Å². The molecule has 0 saturated carbocycles. The van der Waals surface area contributed by atoms with Crippen LogP contribution in [0.5, 0.6) is 17.2 Å². The summed E-state index contributed by atoms with van der Waals surface area (Å²) < 4.78 is 12.4. The number of imide groups is 1. The van der Waals surface area contributed by atoms with Crippen LogP contribution in [-0.4, -0.2) is 57.5 Å². The number of ether oxygens (including phenoxy) is 2. The third kappa shape index (κ3) is 8.50. The van der Waals surface area contributed by atoms with Gasteiger partial charge in [-0.2, -0.15) is 0 Å². The molecule has 10 nitrogen and oxygen atoms in total. The van der Waals surface area contributed by atoms with Crippen LogP contribution in [0.2, 0.25) is 0 Å². The number of phenols is 1. The van der Waals surface area contributed by atoms with Gasteiger partial charge in [0.2, 0.25) is 5.91 Å². The van der Waals surface area contributed by atoms with Gasteiger partial charge in [-0.25, -0.2) is 9.79 Å². The predicted octanol–water partition coefficient (Wildman–Crippen LogP) is 11.4. The van der Waals surface area contributed by atoms with Gasteiger partial charge < -0.3 is 24.6 Å². The first-order valence-corrected chi connectivity index (χ1v) is 22.8. The van der Waals surface area contributed by atoms with Gasteiger partial charge in [0.1, 0.15) is 29.5 Å². The van der Waals surface area contributed by atoms with Crippen molar-refractivity contribution in [3.05, 3.63) is 141 Å². The molecule has 1 aliphatic carbocycles. The molecular weight excluding hydrogens is 823 g/mol. The Kier molecular flexibility index (Phi) is 11.7. The number of carbonyl (C=O) groups is 3. The van der Waals surface area contributed by atoms with Crippen LogP contribution in [0, 0.1) is 20.8 Å². The molecule has 0 spiro atoms. The van der Waals surface area contributed by atoms with Crippen molar-refractivity contribution in [3.8, 4) is 17.2 Å². The van der Waals surface area contributed by atoms with Crippen molar-refractivity contribution in [2.45, 2.75) is 109 Å². The quantitative estimate of drug-likeness (QED) is 0.146. The summed E-state index contributed by atoms with van der Waals surface area (Å²) in [5.74, 6) is 0.800. The molecule has 2 unspecified atom stereocenters. The fourth-order valence-corrected chi connectivity index (χ4v) is 10.2. The zero-order chi connectivity index (χ0) is 45.9. The Morgan fingerprint density at radius 1 is 0.859 bits per heavy atom. The van der Waals surface area contributed by atoms with E-state index in [2.05, 4.69) is 63.2 Å². The second-order valence-corrected chi connectivity index (χ2v) is 20.4. The Morgan fingerprint density at radius 2 is 1.52 bits per heavy atom. The molecule has 3 aliphatic heterocycles. The number of aromatic carboxylic acids is 1. The fourth-order valence-electron chi connectivity index (χ4n) is 9.31. The van der Waals surface area contributed by atoms with E-state index in [-0.39, 0.29) is 32.8 Å². The first-order chi connectivity index (χ1) is 30.2. The number of anilines is 2. The Morgan fingerprint density at radius 3 is 2.16 bits per heavy atom. The maximum absolute atomic E-state index is 11.7. The molecule has 1 saturated heterocycles. The van der Waals surface area contributed by atoms with E-state index in [0.29, 0.717) is 18.8 Å². The van der Waals surface area contributed by atoms with Crippen LogP contribution in [0.25, 0.3) is 0 Å². The lowest BCUT2D eigenvalue weighted by Crippen LogP contribution is -2.42. The third-order valence-corrected chi connectivity index (χ3v) is 14.7. The number of aromatic hydroxyl groups is 1. The van der Waals surface area contributed by atoms with Crippen molar-refractivity contribution in [2.75, 3.05) is 18.6 Å². The zero-order valence-corrected chi connectivity index (χ0v) is 39.0. The van der Waals surface area contributed by atoms with Crippen LogP contribution >= 0.6 is 11.8 Å². The van der Waals surface area contributed by atoms with Gasteiger partial charge in [-0.1, -0.05) is 75.9 Å². The summed E-state index contributed by atoms with van der Waals surface area (Å²) in [6.07, 6.45) is 4.42. The maximum Gasteiger partial charge on any atom is 0.335 e. The van der Waals surface area contributed by atoms with E-state index in [1.807, 2.05) is 82.3 Å². The summed E-state index contributed by atoms with van der Waals surface area (Å²) in [5, 5.41) is 21.4. The van der Waals surface area contributed by atoms with E-state index in [0.717, 1.165) is 111 Å². The number of thioether (sulfide) groups is 1. The van der Waals surface area contributed by atoms with Gasteiger partial charge in [-0.05, 0) is 153 Å². The molecule has 3 N–H and O–H groups in total. The van der Waals surface area contributed by atoms with Crippen LogP contribution in [0.1, 0.15) is 114 Å². The fraction of sp³-hybridized carbons (Fsp3) is 0.358. The molecule has 4 aliphatic rings. The minimum absolute atomic E-state index is 0.0793. The zero-order valence-electron chi connectivity index (χ0n) is 38.1. The summed E-state index contributed by atoms with van der Waals surface area (Å²) in [5.41, 5.74) is 13.5. The molecule has 2 atom stereocenters. The number of nitrogens with zero attached hydrogens (tertiary/aromatic N) is 2. The molecule has 3 heterocycles. The van der Waals surface area contributed by atoms with E-state index < -0.39 is 11.6 Å². The van der Waals surface area contributed by atoms with Gasteiger partial charge >= 0.3 is 5.97 Å².